The van der Waals surface area contributed by atoms with E-state index in [1.807, 2.05) is 0 Å². The van der Waals surface area contributed by atoms with E-state index >= 15 is 0 Å². The van der Waals surface area contributed by atoms with Crippen molar-refractivity contribution in [2.75, 3.05) is 11.9 Å². The number of fused-ring (bicyclic) bond motifs is 1. The first-order valence-electron chi connectivity index (χ1n) is 9.92. The molecular weight excluding hydrogens is 302 g/mol. The first-order chi connectivity index (χ1) is 12.0. The monoisotopic (exact) mass is 335 g/mol. The third-order valence-electron chi connectivity index (χ3n) is 5.52. The van der Waals surface area contributed by atoms with Gasteiger partial charge in [0.2, 0.25) is 0 Å². The van der Waals surface area contributed by atoms with Crippen LogP contribution in [-0.2, 0) is 12.8 Å². The molecule has 0 amide bonds. The van der Waals surface area contributed by atoms with Gasteiger partial charge in [0.25, 0.3) is 0 Å². The van der Waals surface area contributed by atoms with Crippen molar-refractivity contribution in [3.8, 4) is 0 Å². The smallest absolute Gasteiger partial charge is 0.0408 e. The molecule has 0 fully saturated rings. The van der Waals surface area contributed by atoms with Gasteiger partial charge in [0, 0.05) is 12.2 Å². The number of benzene rings is 2. The molecule has 1 atom stereocenters. The van der Waals surface area contributed by atoms with Gasteiger partial charge in [-0.3, -0.25) is 0 Å². The summed E-state index contributed by atoms with van der Waals surface area (Å²) in [5.41, 5.74) is 7.70. The number of anilines is 1. The zero-order valence-corrected chi connectivity index (χ0v) is 16.4. The molecule has 0 saturated heterocycles. The summed E-state index contributed by atoms with van der Waals surface area (Å²) in [4.78, 5) is 0. The van der Waals surface area contributed by atoms with E-state index in [0.717, 1.165) is 13.0 Å². The molecule has 1 aliphatic heterocycles. The van der Waals surface area contributed by atoms with Gasteiger partial charge in [0.05, 0.1) is 0 Å². The predicted molar refractivity (Wildman–Crippen MR) is 110 cm³/mol. The Kier molecular flexibility index (Phi) is 5.51. The van der Waals surface area contributed by atoms with Crippen molar-refractivity contribution in [1.82, 2.24) is 0 Å². The SMILES string of the molecule is CCCCc1cc(Cc2ccccc2)cc2c1NCCC2C(C)(C)C. The van der Waals surface area contributed by atoms with Crippen LogP contribution in [-0.4, -0.2) is 6.54 Å². The summed E-state index contributed by atoms with van der Waals surface area (Å²) in [5, 5.41) is 3.73. The molecule has 1 nitrogen and oxygen atoms in total. The Morgan fingerprint density at radius 1 is 1.04 bits per heavy atom. The maximum atomic E-state index is 3.73. The maximum absolute atomic E-state index is 3.73. The highest BCUT2D eigenvalue weighted by Crippen LogP contribution is 2.45. The summed E-state index contributed by atoms with van der Waals surface area (Å²) < 4.78 is 0. The number of nitrogens with one attached hydrogen (secondary N) is 1. The number of hydrogen-bond acceptors (Lipinski definition) is 1. The molecule has 25 heavy (non-hydrogen) atoms. The molecule has 1 heterocycles. The molecule has 0 bridgehead atoms. The molecule has 1 N–H and O–H groups in total. The van der Waals surface area contributed by atoms with Crippen LogP contribution >= 0.6 is 0 Å². The van der Waals surface area contributed by atoms with E-state index in [1.165, 1.54) is 48.1 Å². The highest BCUT2D eigenvalue weighted by Gasteiger charge is 2.31. The molecule has 1 aliphatic rings. The molecular formula is C24H33N. The van der Waals surface area contributed by atoms with E-state index in [0.29, 0.717) is 11.3 Å². The Labute approximate surface area is 153 Å². The van der Waals surface area contributed by atoms with Crippen LogP contribution in [0.3, 0.4) is 0 Å². The number of aryl methyl sites for hydroxylation is 1. The van der Waals surface area contributed by atoms with Crippen molar-refractivity contribution < 1.29 is 0 Å². The van der Waals surface area contributed by atoms with E-state index in [-0.39, 0.29) is 0 Å². The van der Waals surface area contributed by atoms with Gasteiger partial charge in [-0.1, -0.05) is 76.6 Å². The molecule has 0 aromatic heterocycles. The lowest BCUT2D eigenvalue weighted by Gasteiger charge is -2.37. The van der Waals surface area contributed by atoms with Gasteiger partial charge in [-0.05, 0) is 59.3 Å². The van der Waals surface area contributed by atoms with E-state index in [9.17, 15) is 0 Å². The third kappa shape index (κ3) is 4.26. The first kappa shape index (κ1) is 18.0. The quantitative estimate of drug-likeness (QED) is 0.652. The van der Waals surface area contributed by atoms with Crippen molar-refractivity contribution in [3.63, 3.8) is 0 Å². The minimum absolute atomic E-state index is 0.310. The Hall–Kier alpha value is -1.76. The van der Waals surface area contributed by atoms with Gasteiger partial charge < -0.3 is 5.32 Å². The van der Waals surface area contributed by atoms with Crippen LogP contribution in [0.4, 0.5) is 5.69 Å². The Morgan fingerprint density at radius 3 is 2.48 bits per heavy atom. The average molecular weight is 336 g/mol. The molecule has 1 heteroatoms. The summed E-state index contributed by atoms with van der Waals surface area (Å²) in [5.74, 6) is 0.639. The normalized spacial score (nSPS) is 17.0. The Bertz CT molecular complexity index is 694. The van der Waals surface area contributed by atoms with Gasteiger partial charge >= 0.3 is 0 Å². The molecule has 0 aliphatic carbocycles. The zero-order chi connectivity index (χ0) is 17.9. The molecule has 2 aromatic carbocycles. The predicted octanol–water partition coefficient (Wildman–Crippen LogP) is 6.57. The summed E-state index contributed by atoms with van der Waals surface area (Å²) in [6.45, 7) is 10.6. The second-order valence-electron chi connectivity index (χ2n) is 8.62. The highest BCUT2D eigenvalue weighted by molar-refractivity contribution is 5.63. The lowest BCUT2D eigenvalue weighted by atomic mass is 9.71. The van der Waals surface area contributed by atoms with E-state index < -0.39 is 0 Å². The van der Waals surface area contributed by atoms with Crippen LogP contribution in [0.2, 0.25) is 0 Å². The molecule has 2 aromatic rings. The number of hydrogen-bond donors (Lipinski definition) is 1. The van der Waals surface area contributed by atoms with Crippen LogP contribution in [0, 0.1) is 5.41 Å². The summed E-state index contributed by atoms with van der Waals surface area (Å²) >= 11 is 0. The molecule has 0 spiro atoms. The fraction of sp³-hybridized carbons (Fsp3) is 0.500. The standard InChI is InChI=1S/C24H33N/c1-5-6-12-20-16-19(15-18-10-8-7-9-11-18)17-21-22(24(2,3)4)13-14-25-23(20)21/h7-11,16-17,22,25H,5-6,12-15H2,1-4H3. The van der Waals surface area contributed by atoms with Crippen LogP contribution in [0.5, 0.6) is 0 Å². The summed E-state index contributed by atoms with van der Waals surface area (Å²) in [6.07, 6.45) is 5.97. The lowest BCUT2D eigenvalue weighted by molar-refractivity contribution is 0.305. The molecule has 3 rings (SSSR count). The number of rotatable bonds is 5. The fourth-order valence-corrected chi connectivity index (χ4v) is 4.18. The highest BCUT2D eigenvalue weighted by atomic mass is 14.9. The first-order valence-corrected chi connectivity index (χ1v) is 9.92. The van der Waals surface area contributed by atoms with Crippen LogP contribution < -0.4 is 5.32 Å². The molecule has 0 saturated carbocycles. The van der Waals surface area contributed by atoms with Gasteiger partial charge in [-0.2, -0.15) is 0 Å². The summed E-state index contributed by atoms with van der Waals surface area (Å²) in [6, 6.07) is 15.8. The van der Waals surface area contributed by atoms with Crippen LogP contribution in [0.15, 0.2) is 42.5 Å². The van der Waals surface area contributed by atoms with Crippen molar-refractivity contribution >= 4 is 5.69 Å². The molecule has 134 valence electrons. The van der Waals surface area contributed by atoms with E-state index in [4.69, 9.17) is 0 Å². The third-order valence-corrected chi connectivity index (χ3v) is 5.52. The van der Waals surface area contributed by atoms with Crippen molar-refractivity contribution in [2.45, 2.75) is 65.7 Å². The second kappa shape index (κ2) is 7.64. The van der Waals surface area contributed by atoms with Crippen molar-refractivity contribution in [1.29, 1.82) is 0 Å². The van der Waals surface area contributed by atoms with Crippen LogP contribution in [0.25, 0.3) is 0 Å². The van der Waals surface area contributed by atoms with Gasteiger partial charge in [0.15, 0.2) is 0 Å². The van der Waals surface area contributed by atoms with Crippen LogP contribution in [0.1, 0.15) is 75.1 Å². The summed E-state index contributed by atoms with van der Waals surface area (Å²) in [7, 11) is 0. The van der Waals surface area contributed by atoms with Gasteiger partial charge in [0.1, 0.15) is 0 Å². The zero-order valence-electron chi connectivity index (χ0n) is 16.4. The largest absolute Gasteiger partial charge is 0.385 e. The molecule has 0 radical (unpaired) electrons. The second-order valence-corrected chi connectivity index (χ2v) is 8.62. The van der Waals surface area contributed by atoms with Crippen molar-refractivity contribution in [2.24, 2.45) is 5.41 Å². The van der Waals surface area contributed by atoms with Gasteiger partial charge in [-0.25, -0.2) is 0 Å². The van der Waals surface area contributed by atoms with E-state index in [2.05, 4.69) is 75.5 Å². The average Bonchev–Trinajstić information content (AvgIpc) is 2.59. The topological polar surface area (TPSA) is 12.0 Å². The van der Waals surface area contributed by atoms with Crippen molar-refractivity contribution in [3.05, 3.63) is 64.7 Å². The maximum Gasteiger partial charge on any atom is 0.0408 e. The number of unbranched alkanes of at least 4 members (excludes halogenated alkanes) is 1. The van der Waals surface area contributed by atoms with E-state index in [1.54, 1.807) is 5.56 Å². The lowest BCUT2D eigenvalue weighted by Crippen LogP contribution is -2.27. The minimum Gasteiger partial charge on any atom is -0.385 e. The molecule has 1 unspecified atom stereocenters. The fourth-order valence-electron chi connectivity index (χ4n) is 4.18. The minimum atomic E-state index is 0.310. The Balaban J connectivity index is 2.02. The van der Waals surface area contributed by atoms with Gasteiger partial charge in [-0.15, -0.1) is 0 Å². The Morgan fingerprint density at radius 2 is 1.80 bits per heavy atom.